The SMILES string of the molecule is [O-][Cl+3]([O-])([O-])[O-].[O-][Cl+3]([O-])([O-])[O-].[O-][Cl+3]([O-])([O-])[O-].[O-][Cl+3]([O-])([O-])[O-].[O-][Cl+3]([O-])([O-])[O-].[Ru+2].[Ru+3].c1ccc(-c2ccnc3c2ccc2c(-c4ccccc4)ccnc23)cc1. The number of halogens is 5. The quantitative estimate of drug-likeness (QED) is 0.117. The molecule has 29 heteroatoms. The van der Waals surface area contributed by atoms with Crippen molar-refractivity contribution in [1.29, 1.82) is 0 Å². The first kappa shape index (κ1) is 55.7. The summed E-state index contributed by atoms with van der Waals surface area (Å²) in [4.78, 5) is 9.34. The van der Waals surface area contributed by atoms with E-state index in [2.05, 4.69) is 82.8 Å². The van der Waals surface area contributed by atoms with Gasteiger partial charge in [0.1, 0.15) is 0 Å². The summed E-state index contributed by atoms with van der Waals surface area (Å²) in [5.74, 6) is 0. The number of hydrogen-bond acceptors (Lipinski definition) is 22. The third-order valence-electron chi connectivity index (χ3n) is 4.79. The molecule has 5 aromatic rings. The maximum Gasteiger partial charge on any atom is 3.00 e. The van der Waals surface area contributed by atoms with Crippen molar-refractivity contribution in [3.8, 4) is 22.3 Å². The van der Waals surface area contributed by atoms with Gasteiger partial charge in [-0.3, -0.25) is 9.97 Å². The van der Waals surface area contributed by atoms with Crippen LogP contribution < -0.4 is 93.2 Å². The van der Waals surface area contributed by atoms with Crippen LogP contribution in [0.25, 0.3) is 44.1 Å². The van der Waals surface area contributed by atoms with Gasteiger partial charge in [0.25, 0.3) is 0 Å². The zero-order valence-electron chi connectivity index (χ0n) is 24.9. The molecule has 2 heterocycles. The Morgan fingerprint density at radius 3 is 0.736 bits per heavy atom. The molecular formula is C24H16Cl5N2O20Ru2. The predicted molar refractivity (Wildman–Crippen MR) is 108 cm³/mol. The first-order valence-electron chi connectivity index (χ1n) is 11.8. The Balaban J connectivity index is -0.000000764. The van der Waals surface area contributed by atoms with E-state index in [1.54, 1.807) is 0 Å². The molecule has 1 radical (unpaired) electrons. The normalized spacial score (nSPS) is 11.1. The maximum atomic E-state index is 8.49. The van der Waals surface area contributed by atoms with Crippen LogP contribution in [-0.2, 0) is 39.0 Å². The number of hydrogen-bond donors (Lipinski definition) is 0. The minimum absolute atomic E-state index is 0. The number of benzene rings is 3. The van der Waals surface area contributed by atoms with Crippen LogP contribution in [0.4, 0.5) is 0 Å². The van der Waals surface area contributed by atoms with Gasteiger partial charge >= 0.3 is 39.0 Å². The molecule has 0 amide bonds. The molecule has 0 saturated carbocycles. The average molecular weight is 1030 g/mol. The van der Waals surface area contributed by atoms with Crippen LogP contribution >= 0.6 is 0 Å². The Morgan fingerprint density at radius 2 is 0.528 bits per heavy atom. The molecule has 0 atom stereocenters. The van der Waals surface area contributed by atoms with E-state index in [0.29, 0.717) is 0 Å². The molecule has 53 heavy (non-hydrogen) atoms. The second-order valence-electron chi connectivity index (χ2n) is 8.20. The third kappa shape index (κ3) is 33.4. The average Bonchev–Trinajstić information content (AvgIpc) is 2.93. The van der Waals surface area contributed by atoms with Crippen LogP contribution in [0.5, 0.6) is 0 Å². The Morgan fingerprint density at radius 1 is 0.321 bits per heavy atom. The van der Waals surface area contributed by atoms with E-state index in [9.17, 15) is 0 Å². The van der Waals surface area contributed by atoms with E-state index in [4.69, 9.17) is 93.2 Å². The smallest absolute Gasteiger partial charge is 0.254 e. The van der Waals surface area contributed by atoms with Crippen LogP contribution in [0.15, 0.2) is 97.3 Å². The fourth-order valence-electron chi connectivity index (χ4n) is 3.57. The molecule has 22 nitrogen and oxygen atoms in total. The van der Waals surface area contributed by atoms with Crippen molar-refractivity contribution in [3.05, 3.63) is 97.3 Å². The topological polar surface area (TPSA) is 487 Å². The van der Waals surface area contributed by atoms with E-state index in [1.807, 2.05) is 24.5 Å². The van der Waals surface area contributed by atoms with Gasteiger partial charge in [-0.2, -0.15) is 0 Å². The number of nitrogens with zero attached hydrogens (tertiary/aromatic N) is 2. The van der Waals surface area contributed by atoms with Gasteiger partial charge in [0.2, 0.25) is 0 Å². The summed E-state index contributed by atoms with van der Waals surface area (Å²) in [6, 6.07) is 29.3. The second-order valence-corrected chi connectivity index (χ2v) is 12.0. The number of aromatic nitrogens is 2. The summed E-state index contributed by atoms with van der Waals surface area (Å²) in [6.07, 6.45) is 3.75. The van der Waals surface area contributed by atoms with Gasteiger partial charge in [-0.15, -0.1) is 51.2 Å². The monoisotopic (exact) mass is 1030 g/mol. The second kappa shape index (κ2) is 24.8. The Kier molecular flexibility index (Phi) is 26.1. The van der Waals surface area contributed by atoms with Gasteiger partial charge in [0.15, 0.2) is 0 Å². The van der Waals surface area contributed by atoms with Crippen molar-refractivity contribution in [2.75, 3.05) is 0 Å². The summed E-state index contributed by atoms with van der Waals surface area (Å²) in [7, 11) is -24.7. The minimum Gasteiger partial charge on any atom is -0.254 e. The standard InChI is InChI=1S/C24H16N2.5ClHO4.2Ru/c1-3-7-17(8-4-1)19-13-15-25-23-21(19)11-12-22-20(14-16-26-24(22)23)18-9-5-2-6-10-18;5*2-1(3,4)5;;/h1-16H;5*(H,2,3,4,5);;/q;;;;;;+2;+3/p-5. The molecule has 0 spiro atoms. The number of pyridine rings is 2. The van der Waals surface area contributed by atoms with Crippen molar-refractivity contribution in [1.82, 2.24) is 9.97 Å². The first-order valence-corrected chi connectivity index (χ1v) is 17.9. The van der Waals surface area contributed by atoms with E-state index >= 15 is 0 Å². The molecular weight excluding hydrogens is 1020 g/mol. The Hall–Kier alpha value is -1.62. The van der Waals surface area contributed by atoms with Crippen molar-refractivity contribution >= 4 is 21.8 Å². The maximum absolute atomic E-state index is 8.49. The summed E-state index contributed by atoms with van der Waals surface area (Å²) in [5, 5.41) is 2.26. The Bertz CT molecular complexity index is 1540. The largest absolute Gasteiger partial charge is 3.00 e. The molecule has 0 N–H and O–H groups in total. The fraction of sp³-hybridized carbons (Fsp3) is 0. The van der Waals surface area contributed by atoms with Crippen LogP contribution in [0.2, 0.25) is 0 Å². The summed E-state index contributed by atoms with van der Waals surface area (Å²) < 4.78 is 170. The van der Waals surface area contributed by atoms with Crippen LogP contribution in [0.3, 0.4) is 0 Å². The summed E-state index contributed by atoms with van der Waals surface area (Å²) in [6.45, 7) is 0. The number of rotatable bonds is 2. The van der Waals surface area contributed by atoms with Gasteiger partial charge < -0.3 is 0 Å². The molecule has 2 aromatic heterocycles. The van der Waals surface area contributed by atoms with Crippen molar-refractivity contribution in [2.45, 2.75) is 0 Å². The molecule has 0 saturated heterocycles. The van der Waals surface area contributed by atoms with Crippen LogP contribution in [-0.4, -0.2) is 9.97 Å². The summed E-state index contributed by atoms with van der Waals surface area (Å²) >= 11 is 0. The molecule has 0 fully saturated rings. The zero-order chi connectivity index (χ0) is 39.8. The Labute approximate surface area is 332 Å². The van der Waals surface area contributed by atoms with Gasteiger partial charge in [0, 0.05) is 23.2 Å². The van der Waals surface area contributed by atoms with Crippen molar-refractivity contribution in [2.24, 2.45) is 0 Å². The summed E-state index contributed by atoms with van der Waals surface area (Å²) in [5.41, 5.74) is 6.65. The van der Waals surface area contributed by atoms with E-state index in [0.717, 1.165) is 21.8 Å². The molecule has 0 aliphatic carbocycles. The zero-order valence-corrected chi connectivity index (χ0v) is 32.1. The van der Waals surface area contributed by atoms with Gasteiger partial charge in [-0.05, 0) is 34.4 Å². The van der Waals surface area contributed by atoms with Crippen molar-refractivity contribution in [3.63, 3.8) is 0 Å². The minimum atomic E-state index is -4.94. The molecule has 3 aromatic carbocycles. The van der Waals surface area contributed by atoms with Gasteiger partial charge in [-0.1, -0.05) is 72.8 Å². The number of fused-ring (bicyclic) bond motifs is 3. The van der Waals surface area contributed by atoms with Crippen LogP contribution in [0.1, 0.15) is 0 Å². The molecule has 5 rings (SSSR count). The van der Waals surface area contributed by atoms with E-state index in [-0.39, 0.29) is 39.0 Å². The van der Waals surface area contributed by atoms with Gasteiger partial charge in [0.05, 0.1) is 11.0 Å². The molecule has 0 bridgehead atoms. The molecule has 293 valence electrons. The fourth-order valence-corrected chi connectivity index (χ4v) is 3.57. The third-order valence-corrected chi connectivity index (χ3v) is 4.79. The molecule has 0 aliphatic heterocycles. The first-order chi connectivity index (χ1) is 22.9. The predicted octanol–water partition coefficient (Wildman–Crippen LogP) is -17.7. The van der Waals surface area contributed by atoms with Gasteiger partial charge in [-0.25, -0.2) is 93.2 Å². The molecule has 0 aliphatic rings. The van der Waals surface area contributed by atoms with Crippen molar-refractivity contribution < 1.29 is 183 Å². The van der Waals surface area contributed by atoms with Crippen LogP contribution in [0, 0.1) is 51.2 Å². The van der Waals surface area contributed by atoms with E-state index in [1.165, 1.54) is 22.3 Å². The van der Waals surface area contributed by atoms with E-state index < -0.39 is 51.2 Å². The molecule has 0 unspecified atom stereocenters.